The molecule has 0 saturated heterocycles. The molecule has 0 saturated carbocycles. The molecule has 0 amide bonds. The Kier molecular flexibility index (Phi) is 4.55. The summed E-state index contributed by atoms with van der Waals surface area (Å²) in [5.74, 6) is 0.190. The topological polar surface area (TPSA) is 17.1 Å². The lowest BCUT2D eigenvalue weighted by atomic mass is 10.2. The normalized spacial score (nSPS) is 12.5. The minimum atomic E-state index is 0.190. The van der Waals surface area contributed by atoms with Gasteiger partial charge in [-0.2, -0.15) is 0 Å². The van der Waals surface area contributed by atoms with E-state index in [1.54, 1.807) is 6.08 Å². The van der Waals surface area contributed by atoms with Crippen LogP contribution >= 0.6 is 0 Å². The van der Waals surface area contributed by atoms with Crippen molar-refractivity contribution in [2.24, 2.45) is 0 Å². The standard InChI is InChI=1S/C9H14O/c1-4-6-8(3)7-9(10)5-2/h4,6-7H,5H2,1-3H3/b6-4-,8-7-. The van der Waals surface area contributed by atoms with Gasteiger partial charge >= 0.3 is 0 Å². The summed E-state index contributed by atoms with van der Waals surface area (Å²) in [6.07, 6.45) is 6.11. The Morgan fingerprint density at radius 3 is 2.50 bits per heavy atom. The van der Waals surface area contributed by atoms with Gasteiger partial charge in [-0.15, -0.1) is 0 Å². The van der Waals surface area contributed by atoms with Crippen molar-refractivity contribution < 1.29 is 4.79 Å². The molecule has 56 valence electrons. The minimum Gasteiger partial charge on any atom is -0.295 e. The lowest BCUT2D eigenvalue weighted by Crippen LogP contribution is -1.88. The van der Waals surface area contributed by atoms with Crippen LogP contribution in [0, 0.1) is 0 Å². The molecular formula is C9H14O. The second-order valence-corrected chi connectivity index (χ2v) is 2.21. The molecule has 0 aromatic rings. The maximum Gasteiger partial charge on any atom is 0.155 e. The molecule has 0 aliphatic heterocycles. The van der Waals surface area contributed by atoms with Crippen molar-refractivity contribution >= 4 is 5.78 Å². The molecule has 1 heteroatoms. The Bertz CT molecular complexity index is 164. The molecule has 0 aromatic carbocycles. The molecule has 0 bridgehead atoms. The first-order valence-electron chi connectivity index (χ1n) is 3.54. The van der Waals surface area contributed by atoms with Gasteiger partial charge in [0.1, 0.15) is 0 Å². The molecule has 0 aromatic heterocycles. The van der Waals surface area contributed by atoms with Crippen molar-refractivity contribution in [2.45, 2.75) is 27.2 Å². The third kappa shape index (κ3) is 4.07. The Balaban J connectivity index is 4.02. The van der Waals surface area contributed by atoms with Crippen LogP contribution in [0.15, 0.2) is 23.8 Å². The van der Waals surface area contributed by atoms with E-state index in [-0.39, 0.29) is 5.78 Å². The largest absolute Gasteiger partial charge is 0.295 e. The monoisotopic (exact) mass is 138 g/mol. The van der Waals surface area contributed by atoms with E-state index in [0.717, 1.165) is 5.57 Å². The van der Waals surface area contributed by atoms with Crippen molar-refractivity contribution in [1.82, 2.24) is 0 Å². The Morgan fingerprint density at radius 1 is 1.50 bits per heavy atom. The van der Waals surface area contributed by atoms with Crippen molar-refractivity contribution in [3.8, 4) is 0 Å². The van der Waals surface area contributed by atoms with Gasteiger partial charge in [0.05, 0.1) is 0 Å². The predicted molar refractivity (Wildman–Crippen MR) is 43.9 cm³/mol. The number of carbonyl (C=O) groups excluding carboxylic acids is 1. The van der Waals surface area contributed by atoms with E-state index in [1.165, 1.54) is 0 Å². The average molecular weight is 138 g/mol. The summed E-state index contributed by atoms with van der Waals surface area (Å²) >= 11 is 0. The summed E-state index contributed by atoms with van der Waals surface area (Å²) in [7, 11) is 0. The van der Waals surface area contributed by atoms with Gasteiger partial charge in [-0.1, -0.05) is 19.1 Å². The fraction of sp³-hybridized carbons (Fsp3) is 0.444. The minimum absolute atomic E-state index is 0.190. The van der Waals surface area contributed by atoms with Gasteiger partial charge in [0, 0.05) is 6.42 Å². The molecule has 0 radical (unpaired) electrons. The summed E-state index contributed by atoms with van der Waals surface area (Å²) in [6.45, 7) is 5.73. The van der Waals surface area contributed by atoms with E-state index >= 15 is 0 Å². The highest BCUT2D eigenvalue weighted by Crippen LogP contribution is 1.96. The van der Waals surface area contributed by atoms with Crippen molar-refractivity contribution in [3.05, 3.63) is 23.8 Å². The second-order valence-electron chi connectivity index (χ2n) is 2.21. The SMILES string of the molecule is C/C=C\C(C)=C/C(=O)CC. The number of rotatable bonds is 3. The first kappa shape index (κ1) is 9.15. The highest BCUT2D eigenvalue weighted by Gasteiger charge is 1.90. The Labute approximate surface area is 62.4 Å². The van der Waals surface area contributed by atoms with Crippen LogP contribution in [0.4, 0.5) is 0 Å². The molecule has 0 rings (SSSR count). The molecular weight excluding hydrogens is 124 g/mol. The van der Waals surface area contributed by atoms with Crippen LogP contribution in [0.5, 0.6) is 0 Å². The molecule has 0 aliphatic carbocycles. The van der Waals surface area contributed by atoms with Crippen molar-refractivity contribution in [2.75, 3.05) is 0 Å². The molecule has 0 fully saturated rings. The highest BCUT2D eigenvalue weighted by molar-refractivity contribution is 5.90. The van der Waals surface area contributed by atoms with Gasteiger partial charge in [-0.3, -0.25) is 4.79 Å². The number of ketones is 1. The summed E-state index contributed by atoms with van der Waals surface area (Å²) < 4.78 is 0. The zero-order valence-corrected chi connectivity index (χ0v) is 6.85. The molecule has 10 heavy (non-hydrogen) atoms. The summed E-state index contributed by atoms with van der Waals surface area (Å²) in [4.78, 5) is 10.8. The smallest absolute Gasteiger partial charge is 0.155 e. The summed E-state index contributed by atoms with van der Waals surface area (Å²) in [5.41, 5.74) is 1.02. The van der Waals surface area contributed by atoms with E-state index in [0.29, 0.717) is 6.42 Å². The predicted octanol–water partition coefficient (Wildman–Crippen LogP) is 2.49. The molecule has 0 atom stereocenters. The lowest BCUT2D eigenvalue weighted by Gasteiger charge is -1.88. The van der Waals surface area contributed by atoms with Crippen molar-refractivity contribution in [3.63, 3.8) is 0 Å². The molecule has 0 spiro atoms. The second kappa shape index (κ2) is 4.98. The molecule has 0 unspecified atom stereocenters. The summed E-state index contributed by atoms with van der Waals surface area (Å²) in [5, 5.41) is 0. The van der Waals surface area contributed by atoms with Gasteiger partial charge in [-0.05, 0) is 25.5 Å². The third-order valence-electron chi connectivity index (χ3n) is 1.17. The highest BCUT2D eigenvalue weighted by atomic mass is 16.1. The fourth-order valence-electron chi connectivity index (χ4n) is 0.667. The molecule has 0 heterocycles. The number of carbonyl (C=O) groups is 1. The number of hydrogen-bond donors (Lipinski definition) is 0. The van der Waals surface area contributed by atoms with Crippen LogP contribution in [0.1, 0.15) is 27.2 Å². The van der Waals surface area contributed by atoms with E-state index in [2.05, 4.69) is 0 Å². The summed E-state index contributed by atoms with van der Waals surface area (Å²) in [6, 6.07) is 0. The van der Waals surface area contributed by atoms with Crippen LogP contribution in [0.3, 0.4) is 0 Å². The Morgan fingerprint density at radius 2 is 2.10 bits per heavy atom. The maximum atomic E-state index is 10.8. The molecule has 1 nitrogen and oxygen atoms in total. The molecule has 0 N–H and O–H groups in total. The Hall–Kier alpha value is -0.850. The first-order chi connectivity index (χ1) is 4.70. The van der Waals surface area contributed by atoms with Crippen LogP contribution in [0.25, 0.3) is 0 Å². The zero-order valence-electron chi connectivity index (χ0n) is 6.85. The van der Waals surface area contributed by atoms with Gasteiger partial charge < -0.3 is 0 Å². The molecule has 0 aliphatic rings. The number of hydrogen-bond acceptors (Lipinski definition) is 1. The van der Waals surface area contributed by atoms with Crippen molar-refractivity contribution in [1.29, 1.82) is 0 Å². The fourth-order valence-corrected chi connectivity index (χ4v) is 0.667. The van der Waals surface area contributed by atoms with E-state index in [1.807, 2.05) is 32.9 Å². The van der Waals surface area contributed by atoms with Gasteiger partial charge in [0.2, 0.25) is 0 Å². The van der Waals surface area contributed by atoms with E-state index in [9.17, 15) is 4.79 Å². The lowest BCUT2D eigenvalue weighted by molar-refractivity contribution is -0.114. The quantitative estimate of drug-likeness (QED) is 0.432. The van der Waals surface area contributed by atoms with Crippen LogP contribution < -0.4 is 0 Å². The third-order valence-corrected chi connectivity index (χ3v) is 1.17. The number of allylic oxidation sites excluding steroid dienone is 4. The zero-order chi connectivity index (χ0) is 7.98. The van der Waals surface area contributed by atoms with Gasteiger partial charge in [0.15, 0.2) is 5.78 Å². The van der Waals surface area contributed by atoms with Gasteiger partial charge in [0.25, 0.3) is 0 Å². The average Bonchev–Trinajstić information content (AvgIpc) is 1.88. The van der Waals surface area contributed by atoms with Gasteiger partial charge in [-0.25, -0.2) is 0 Å². The van der Waals surface area contributed by atoms with E-state index in [4.69, 9.17) is 0 Å². The van der Waals surface area contributed by atoms with Crippen LogP contribution in [-0.4, -0.2) is 5.78 Å². The maximum absolute atomic E-state index is 10.8. The van der Waals surface area contributed by atoms with Crippen LogP contribution in [-0.2, 0) is 4.79 Å². The van der Waals surface area contributed by atoms with E-state index < -0.39 is 0 Å². The first-order valence-corrected chi connectivity index (χ1v) is 3.54. The van der Waals surface area contributed by atoms with Crippen LogP contribution in [0.2, 0.25) is 0 Å².